The summed E-state index contributed by atoms with van der Waals surface area (Å²) in [5, 5.41) is 0. The van der Waals surface area contributed by atoms with E-state index >= 15 is 0 Å². The summed E-state index contributed by atoms with van der Waals surface area (Å²) in [5.41, 5.74) is 5.80. The summed E-state index contributed by atoms with van der Waals surface area (Å²) in [4.78, 5) is 0. The van der Waals surface area contributed by atoms with Crippen molar-refractivity contribution in [2.75, 3.05) is 0 Å². The SMILES string of the molecule is C#CC(N)C(C)(C)CCC. The zero-order valence-corrected chi connectivity index (χ0v) is 7.15. The van der Waals surface area contributed by atoms with Gasteiger partial charge in [-0.05, 0) is 11.8 Å². The minimum absolute atomic E-state index is 0.101. The first-order valence-electron chi connectivity index (χ1n) is 3.76. The van der Waals surface area contributed by atoms with Gasteiger partial charge in [0.2, 0.25) is 0 Å². The molecule has 0 spiro atoms. The van der Waals surface area contributed by atoms with Crippen molar-refractivity contribution in [3.63, 3.8) is 0 Å². The van der Waals surface area contributed by atoms with E-state index in [1.165, 1.54) is 0 Å². The number of nitrogens with two attached hydrogens (primary N) is 1. The van der Waals surface area contributed by atoms with Crippen LogP contribution in [-0.4, -0.2) is 6.04 Å². The van der Waals surface area contributed by atoms with Crippen LogP contribution in [0, 0.1) is 17.8 Å². The Hall–Kier alpha value is -0.480. The van der Waals surface area contributed by atoms with Crippen LogP contribution < -0.4 is 5.73 Å². The van der Waals surface area contributed by atoms with Crippen LogP contribution in [0.2, 0.25) is 0 Å². The van der Waals surface area contributed by atoms with Crippen LogP contribution in [0.15, 0.2) is 0 Å². The van der Waals surface area contributed by atoms with Crippen molar-refractivity contribution in [3.8, 4) is 12.3 Å². The average Bonchev–Trinajstić information content (AvgIpc) is 1.86. The van der Waals surface area contributed by atoms with Crippen molar-refractivity contribution >= 4 is 0 Å². The third-order valence-electron chi connectivity index (χ3n) is 1.92. The lowest BCUT2D eigenvalue weighted by molar-refractivity contribution is 0.302. The van der Waals surface area contributed by atoms with Crippen LogP contribution >= 0.6 is 0 Å². The number of terminal acetylenes is 1. The molecule has 0 aromatic heterocycles. The quantitative estimate of drug-likeness (QED) is 0.592. The highest BCUT2D eigenvalue weighted by molar-refractivity contribution is 5.03. The molecule has 0 aliphatic heterocycles. The van der Waals surface area contributed by atoms with Gasteiger partial charge < -0.3 is 5.73 Å². The highest BCUT2D eigenvalue weighted by Gasteiger charge is 2.23. The first-order chi connectivity index (χ1) is 4.54. The highest BCUT2D eigenvalue weighted by Crippen LogP contribution is 2.24. The van der Waals surface area contributed by atoms with Crippen molar-refractivity contribution in [2.24, 2.45) is 11.1 Å². The molecule has 0 rings (SSSR count). The molecule has 2 N–H and O–H groups in total. The first kappa shape index (κ1) is 9.52. The third-order valence-corrected chi connectivity index (χ3v) is 1.92. The molecule has 1 unspecified atom stereocenters. The molecule has 1 nitrogen and oxygen atoms in total. The molecule has 0 heterocycles. The fraction of sp³-hybridized carbons (Fsp3) is 0.778. The van der Waals surface area contributed by atoms with E-state index in [1.807, 2.05) is 0 Å². The van der Waals surface area contributed by atoms with Crippen LogP contribution in [0.3, 0.4) is 0 Å². The van der Waals surface area contributed by atoms with E-state index in [1.54, 1.807) is 0 Å². The van der Waals surface area contributed by atoms with Gasteiger partial charge in [-0.3, -0.25) is 0 Å². The van der Waals surface area contributed by atoms with Gasteiger partial charge in [-0.25, -0.2) is 0 Å². The summed E-state index contributed by atoms with van der Waals surface area (Å²) in [6, 6.07) is -0.104. The summed E-state index contributed by atoms with van der Waals surface area (Å²) in [6.07, 6.45) is 7.45. The largest absolute Gasteiger partial charge is 0.317 e. The minimum Gasteiger partial charge on any atom is -0.317 e. The maximum absolute atomic E-state index is 5.70. The first-order valence-corrected chi connectivity index (χ1v) is 3.76. The molecular weight excluding hydrogens is 122 g/mol. The molecule has 1 heteroatoms. The van der Waals surface area contributed by atoms with E-state index in [0.717, 1.165) is 12.8 Å². The molecule has 0 radical (unpaired) electrons. The van der Waals surface area contributed by atoms with Gasteiger partial charge >= 0.3 is 0 Å². The Balaban J connectivity index is 3.99. The Bertz CT molecular complexity index is 130. The van der Waals surface area contributed by atoms with Gasteiger partial charge in [0.25, 0.3) is 0 Å². The molecule has 10 heavy (non-hydrogen) atoms. The van der Waals surface area contributed by atoms with Gasteiger partial charge in [0.05, 0.1) is 6.04 Å². The van der Waals surface area contributed by atoms with E-state index in [0.29, 0.717) is 0 Å². The Morgan fingerprint density at radius 3 is 2.40 bits per heavy atom. The van der Waals surface area contributed by atoms with Gasteiger partial charge in [0.1, 0.15) is 0 Å². The predicted molar refractivity (Wildman–Crippen MR) is 45.5 cm³/mol. The Labute approximate surface area is 64.0 Å². The second kappa shape index (κ2) is 3.63. The number of hydrogen-bond donors (Lipinski definition) is 1. The van der Waals surface area contributed by atoms with E-state index in [-0.39, 0.29) is 11.5 Å². The fourth-order valence-electron chi connectivity index (χ4n) is 1.03. The molecule has 0 fully saturated rings. The summed E-state index contributed by atoms with van der Waals surface area (Å²) < 4.78 is 0. The van der Waals surface area contributed by atoms with Gasteiger partial charge in [0.15, 0.2) is 0 Å². The van der Waals surface area contributed by atoms with Gasteiger partial charge in [-0.1, -0.05) is 33.1 Å². The zero-order valence-electron chi connectivity index (χ0n) is 7.15. The van der Waals surface area contributed by atoms with Gasteiger partial charge in [0, 0.05) is 0 Å². The molecule has 58 valence electrons. The van der Waals surface area contributed by atoms with Crippen LogP contribution in [-0.2, 0) is 0 Å². The molecule has 1 atom stereocenters. The Morgan fingerprint density at radius 2 is 2.10 bits per heavy atom. The Kier molecular flexibility index (Phi) is 3.46. The third kappa shape index (κ3) is 2.41. The van der Waals surface area contributed by atoms with Crippen molar-refractivity contribution < 1.29 is 0 Å². The molecule has 0 aliphatic rings. The number of rotatable bonds is 3. The summed E-state index contributed by atoms with van der Waals surface area (Å²) in [5.74, 6) is 2.57. The van der Waals surface area contributed by atoms with Gasteiger partial charge in [-0.2, -0.15) is 0 Å². The van der Waals surface area contributed by atoms with Crippen molar-refractivity contribution in [1.29, 1.82) is 0 Å². The predicted octanol–water partition coefficient (Wildman–Crippen LogP) is 1.77. The fourth-order valence-corrected chi connectivity index (χ4v) is 1.03. The van der Waals surface area contributed by atoms with E-state index in [9.17, 15) is 0 Å². The molecule has 0 amide bonds. The average molecular weight is 139 g/mol. The monoisotopic (exact) mass is 139 g/mol. The minimum atomic E-state index is -0.104. The zero-order chi connectivity index (χ0) is 8.20. The molecular formula is C9H17N. The van der Waals surface area contributed by atoms with E-state index in [4.69, 9.17) is 12.2 Å². The standard InChI is InChI=1S/C9H17N/c1-5-7-9(3,4)8(10)6-2/h2,8H,5,7,10H2,1,3-4H3. The van der Waals surface area contributed by atoms with Crippen molar-refractivity contribution in [2.45, 2.75) is 39.7 Å². The van der Waals surface area contributed by atoms with Crippen LogP contribution in [0.5, 0.6) is 0 Å². The lowest BCUT2D eigenvalue weighted by Gasteiger charge is -2.27. The van der Waals surface area contributed by atoms with Crippen molar-refractivity contribution in [3.05, 3.63) is 0 Å². The second-order valence-electron chi connectivity index (χ2n) is 3.38. The molecule has 0 bridgehead atoms. The summed E-state index contributed by atoms with van der Waals surface area (Å²) >= 11 is 0. The molecule has 0 saturated carbocycles. The molecule has 0 saturated heterocycles. The van der Waals surface area contributed by atoms with Gasteiger partial charge in [-0.15, -0.1) is 6.42 Å². The van der Waals surface area contributed by atoms with Crippen LogP contribution in [0.1, 0.15) is 33.6 Å². The molecule has 0 aromatic carbocycles. The van der Waals surface area contributed by atoms with Crippen LogP contribution in [0.25, 0.3) is 0 Å². The normalized spacial score (nSPS) is 14.3. The lowest BCUT2D eigenvalue weighted by atomic mass is 9.81. The maximum Gasteiger partial charge on any atom is 0.0713 e. The number of hydrogen-bond acceptors (Lipinski definition) is 1. The summed E-state index contributed by atoms with van der Waals surface area (Å²) in [7, 11) is 0. The van der Waals surface area contributed by atoms with E-state index in [2.05, 4.69) is 26.7 Å². The Morgan fingerprint density at radius 1 is 1.60 bits per heavy atom. The lowest BCUT2D eigenvalue weighted by Crippen LogP contribution is -2.35. The highest BCUT2D eigenvalue weighted by atomic mass is 14.7. The molecule has 0 aliphatic carbocycles. The van der Waals surface area contributed by atoms with Crippen molar-refractivity contribution in [1.82, 2.24) is 0 Å². The second-order valence-corrected chi connectivity index (χ2v) is 3.38. The smallest absolute Gasteiger partial charge is 0.0713 e. The topological polar surface area (TPSA) is 26.0 Å². The maximum atomic E-state index is 5.70. The van der Waals surface area contributed by atoms with Crippen LogP contribution in [0.4, 0.5) is 0 Å². The summed E-state index contributed by atoms with van der Waals surface area (Å²) in [6.45, 7) is 6.37. The molecule has 0 aromatic rings. The van der Waals surface area contributed by atoms with E-state index < -0.39 is 0 Å².